The average Bonchev–Trinajstić information content (AvgIpc) is 3.11. The molecule has 6 nitrogen and oxygen atoms in total. The minimum atomic E-state index is -3.44. The third-order valence-corrected chi connectivity index (χ3v) is 4.92. The number of nitrogens with one attached hydrogen (secondary N) is 3. The monoisotopic (exact) mass is 306 g/mol. The van der Waals surface area contributed by atoms with Crippen LogP contribution < -0.4 is 10.0 Å². The Morgan fingerprint density at radius 3 is 2.81 bits per heavy atom. The molecule has 0 atom stereocenters. The molecule has 1 aromatic heterocycles. The van der Waals surface area contributed by atoms with E-state index in [0.29, 0.717) is 17.1 Å². The fourth-order valence-corrected chi connectivity index (χ4v) is 3.57. The van der Waals surface area contributed by atoms with E-state index in [0.717, 1.165) is 25.0 Å². The van der Waals surface area contributed by atoms with Crippen LogP contribution in [0.4, 0.5) is 5.69 Å². The van der Waals surface area contributed by atoms with E-state index in [9.17, 15) is 8.42 Å². The van der Waals surface area contributed by atoms with E-state index in [1.54, 1.807) is 30.7 Å². The molecule has 0 spiro atoms. The largest absolute Gasteiger partial charge is 0.384 e. The lowest BCUT2D eigenvalue weighted by molar-refractivity contribution is 0.581. The molecule has 0 aliphatic heterocycles. The number of nitrogens with zero attached hydrogens (tertiary/aromatic N) is 1. The Morgan fingerprint density at radius 2 is 2.10 bits per heavy atom. The molecule has 21 heavy (non-hydrogen) atoms. The fourth-order valence-electron chi connectivity index (χ4n) is 2.08. The second-order valence-electron chi connectivity index (χ2n) is 5.15. The minimum Gasteiger partial charge on any atom is -0.384 e. The molecule has 112 valence electrons. The van der Waals surface area contributed by atoms with Crippen LogP contribution in [0.2, 0.25) is 0 Å². The molecule has 2 aromatic rings. The first kappa shape index (κ1) is 14.1. The molecule has 7 heteroatoms. The van der Waals surface area contributed by atoms with Crippen molar-refractivity contribution in [2.24, 2.45) is 0 Å². The summed E-state index contributed by atoms with van der Waals surface area (Å²) in [5, 5.41) is 3.18. The number of aromatic nitrogens is 2. The Balaban J connectivity index is 1.69. The summed E-state index contributed by atoms with van der Waals surface area (Å²) in [6.07, 6.45) is 6.00. The lowest BCUT2D eigenvalue weighted by Crippen LogP contribution is -2.26. The number of sulfonamides is 1. The van der Waals surface area contributed by atoms with Crippen molar-refractivity contribution in [3.8, 4) is 0 Å². The highest BCUT2D eigenvalue weighted by atomic mass is 32.2. The first-order valence-corrected chi connectivity index (χ1v) is 8.46. The van der Waals surface area contributed by atoms with E-state index >= 15 is 0 Å². The lowest BCUT2D eigenvalue weighted by Gasteiger charge is -2.12. The zero-order valence-electron chi connectivity index (χ0n) is 11.5. The van der Waals surface area contributed by atoms with E-state index in [1.807, 2.05) is 6.07 Å². The molecule has 1 aliphatic carbocycles. The van der Waals surface area contributed by atoms with E-state index in [2.05, 4.69) is 20.0 Å². The zero-order valence-corrected chi connectivity index (χ0v) is 12.4. The highest BCUT2D eigenvalue weighted by molar-refractivity contribution is 7.89. The first-order valence-electron chi connectivity index (χ1n) is 6.97. The van der Waals surface area contributed by atoms with E-state index in [1.165, 1.54) is 0 Å². The summed E-state index contributed by atoms with van der Waals surface area (Å²) in [4.78, 5) is 7.28. The molecule has 3 rings (SSSR count). The number of hydrogen-bond donors (Lipinski definition) is 3. The number of aromatic amines is 1. The SMILES string of the molecule is O=S(=O)(NC1CC1)c1ccccc1NCCc1cnc[nH]1. The number of anilines is 1. The minimum absolute atomic E-state index is 0.105. The first-order chi connectivity index (χ1) is 10.1. The van der Waals surface area contributed by atoms with Gasteiger partial charge in [0.2, 0.25) is 10.0 Å². The summed E-state index contributed by atoms with van der Waals surface area (Å²) >= 11 is 0. The van der Waals surface area contributed by atoms with Gasteiger partial charge in [0, 0.05) is 30.9 Å². The highest BCUT2D eigenvalue weighted by Crippen LogP contribution is 2.25. The quantitative estimate of drug-likeness (QED) is 0.723. The number of para-hydroxylation sites is 1. The van der Waals surface area contributed by atoms with Gasteiger partial charge in [-0.05, 0) is 25.0 Å². The van der Waals surface area contributed by atoms with Gasteiger partial charge < -0.3 is 10.3 Å². The Kier molecular flexibility index (Phi) is 3.94. The molecule has 1 heterocycles. The zero-order chi connectivity index (χ0) is 14.7. The predicted molar refractivity (Wildman–Crippen MR) is 80.6 cm³/mol. The van der Waals surface area contributed by atoms with Gasteiger partial charge in [0.15, 0.2) is 0 Å². The Morgan fingerprint density at radius 1 is 1.29 bits per heavy atom. The molecule has 0 radical (unpaired) electrons. The van der Waals surface area contributed by atoms with Gasteiger partial charge in [-0.25, -0.2) is 18.1 Å². The normalized spacial score (nSPS) is 15.0. The van der Waals surface area contributed by atoms with Crippen LogP contribution in [-0.4, -0.2) is 31.0 Å². The molecular formula is C14H18N4O2S. The van der Waals surface area contributed by atoms with Gasteiger partial charge in [0.1, 0.15) is 4.90 Å². The molecule has 1 fully saturated rings. The van der Waals surface area contributed by atoms with E-state index in [4.69, 9.17) is 0 Å². The van der Waals surface area contributed by atoms with Crippen molar-refractivity contribution >= 4 is 15.7 Å². The van der Waals surface area contributed by atoms with Crippen LogP contribution in [0.5, 0.6) is 0 Å². The molecule has 0 unspecified atom stereocenters. The van der Waals surface area contributed by atoms with Crippen LogP contribution in [0.1, 0.15) is 18.5 Å². The number of hydrogen-bond acceptors (Lipinski definition) is 4. The predicted octanol–water partition coefficient (Wildman–Crippen LogP) is 1.50. The summed E-state index contributed by atoms with van der Waals surface area (Å²) in [5.41, 5.74) is 1.64. The summed E-state index contributed by atoms with van der Waals surface area (Å²) in [6.45, 7) is 0.637. The molecule has 0 saturated heterocycles. The topological polar surface area (TPSA) is 86.9 Å². The van der Waals surface area contributed by atoms with Gasteiger partial charge >= 0.3 is 0 Å². The second kappa shape index (κ2) is 5.87. The van der Waals surface area contributed by atoms with Gasteiger partial charge in [-0.3, -0.25) is 0 Å². The standard InChI is InChI=1S/C14H18N4O2S/c19-21(20,18-11-5-6-11)14-4-2-1-3-13(14)16-8-7-12-9-15-10-17-12/h1-4,9-11,16,18H,5-8H2,(H,15,17). The van der Waals surface area contributed by atoms with Crippen molar-refractivity contribution in [1.29, 1.82) is 0 Å². The third-order valence-electron chi connectivity index (χ3n) is 3.34. The van der Waals surface area contributed by atoms with Crippen LogP contribution in [0, 0.1) is 0 Å². The number of rotatable bonds is 7. The van der Waals surface area contributed by atoms with Crippen LogP contribution in [0.3, 0.4) is 0 Å². The molecule has 0 bridgehead atoms. The van der Waals surface area contributed by atoms with Crippen molar-refractivity contribution in [1.82, 2.24) is 14.7 Å². The van der Waals surface area contributed by atoms with Crippen LogP contribution in [0.15, 0.2) is 41.7 Å². The lowest BCUT2D eigenvalue weighted by atomic mass is 10.3. The Hall–Kier alpha value is -1.86. The summed E-state index contributed by atoms with van der Waals surface area (Å²) in [6, 6.07) is 7.08. The maximum Gasteiger partial charge on any atom is 0.242 e. The third kappa shape index (κ3) is 3.62. The molecule has 1 saturated carbocycles. The molecule has 1 aliphatic rings. The van der Waals surface area contributed by atoms with Crippen molar-refractivity contribution in [3.05, 3.63) is 42.5 Å². The summed E-state index contributed by atoms with van der Waals surface area (Å²) < 4.78 is 27.4. The van der Waals surface area contributed by atoms with Crippen LogP contribution >= 0.6 is 0 Å². The van der Waals surface area contributed by atoms with Crippen molar-refractivity contribution in [2.75, 3.05) is 11.9 Å². The fraction of sp³-hybridized carbons (Fsp3) is 0.357. The van der Waals surface area contributed by atoms with Crippen LogP contribution in [-0.2, 0) is 16.4 Å². The second-order valence-corrected chi connectivity index (χ2v) is 6.83. The number of benzene rings is 1. The average molecular weight is 306 g/mol. The van der Waals surface area contributed by atoms with Gasteiger partial charge in [-0.1, -0.05) is 12.1 Å². The van der Waals surface area contributed by atoms with Crippen LogP contribution in [0.25, 0.3) is 0 Å². The Bertz CT molecular complexity index is 694. The van der Waals surface area contributed by atoms with E-state index < -0.39 is 10.0 Å². The molecule has 3 N–H and O–H groups in total. The maximum atomic E-state index is 12.3. The van der Waals surface area contributed by atoms with Crippen molar-refractivity contribution < 1.29 is 8.42 Å². The highest BCUT2D eigenvalue weighted by Gasteiger charge is 2.29. The van der Waals surface area contributed by atoms with Gasteiger partial charge in [-0.15, -0.1) is 0 Å². The molecule has 0 amide bonds. The number of H-pyrrole nitrogens is 1. The summed E-state index contributed by atoms with van der Waals surface area (Å²) in [7, 11) is -3.44. The Labute approximate surface area is 124 Å². The van der Waals surface area contributed by atoms with Crippen molar-refractivity contribution in [3.63, 3.8) is 0 Å². The molecule has 1 aromatic carbocycles. The molecular weight excluding hydrogens is 288 g/mol. The maximum absolute atomic E-state index is 12.3. The number of imidazole rings is 1. The summed E-state index contributed by atoms with van der Waals surface area (Å²) in [5.74, 6) is 0. The van der Waals surface area contributed by atoms with Crippen molar-refractivity contribution in [2.45, 2.75) is 30.2 Å². The van der Waals surface area contributed by atoms with Gasteiger partial charge in [0.25, 0.3) is 0 Å². The van der Waals surface area contributed by atoms with E-state index in [-0.39, 0.29) is 6.04 Å². The van der Waals surface area contributed by atoms with Gasteiger partial charge in [-0.2, -0.15) is 0 Å². The smallest absolute Gasteiger partial charge is 0.242 e. The van der Waals surface area contributed by atoms with Gasteiger partial charge in [0.05, 0.1) is 12.0 Å².